The quantitative estimate of drug-likeness (QED) is 0.531. The van der Waals surface area contributed by atoms with Crippen molar-refractivity contribution in [2.24, 2.45) is 17.6 Å². The highest BCUT2D eigenvalue weighted by Crippen LogP contribution is 2.30. The monoisotopic (exact) mass is 274 g/mol. The van der Waals surface area contributed by atoms with Crippen molar-refractivity contribution in [1.82, 2.24) is 5.32 Å². The van der Waals surface area contributed by atoms with Gasteiger partial charge in [-0.05, 0) is 58.0 Å². The topological polar surface area (TPSA) is 75.4 Å². The lowest BCUT2D eigenvalue weighted by atomic mass is 10.0. The molecule has 4 N–H and O–H groups in total. The second-order valence-corrected chi connectivity index (χ2v) is 5.16. The number of nitrogens with two attached hydrogens (primary N) is 1. The summed E-state index contributed by atoms with van der Waals surface area (Å²) in [6, 6.07) is 0. The fraction of sp³-hybridized carbons (Fsp3) is 0.933. The number of hydrogen-bond acceptors (Lipinski definition) is 4. The zero-order valence-corrected chi connectivity index (χ0v) is 13.2. The smallest absolute Gasteiger partial charge is 0.132 e. The maximum Gasteiger partial charge on any atom is 0.132 e. The molecular weight excluding hydrogens is 240 g/mol. The van der Waals surface area contributed by atoms with Gasteiger partial charge in [-0.15, -0.1) is 0 Å². The van der Waals surface area contributed by atoms with E-state index in [0.29, 0.717) is 11.7 Å². The lowest BCUT2D eigenvalue weighted by molar-refractivity contribution is -0.120. The van der Waals surface area contributed by atoms with Gasteiger partial charge in [0.2, 0.25) is 0 Å². The number of aliphatic hydroxyl groups excluding tert-OH is 1. The Hall–Kier alpha value is -0.450. The summed E-state index contributed by atoms with van der Waals surface area (Å²) in [7, 11) is 0. The van der Waals surface area contributed by atoms with Gasteiger partial charge in [0.15, 0.2) is 0 Å². The van der Waals surface area contributed by atoms with Crippen molar-refractivity contribution in [3.05, 3.63) is 0 Å². The molecule has 2 unspecified atom stereocenters. The number of Topliss-reactive ketones (excluding diaryl/α,β-unsaturated/α-hetero) is 1. The van der Waals surface area contributed by atoms with Gasteiger partial charge >= 0.3 is 0 Å². The van der Waals surface area contributed by atoms with Crippen molar-refractivity contribution in [2.75, 3.05) is 19.8 Å². The van der Waals surface area contributed by atoms with Crippen molar-refractivity contribution < 1.29 is 9.90 Å². The summed E-state index contributed by atoms with van der Waals surface area (Å²) in [5.74, 6) is 1.58. The van der Waals surface area contributed by atoms with Crippen LogP contribution < -0.4 is 11.1 Å². The molecule has 1 saturated carbocycles. The van der Waals surface area contributed by atoms with Crippen LogP contribution in [0.2, 0.25) is 0 Å². The molecule has 0 saturated heterocycles. The Balaban J connectivity index is 0. The molecule has 0 aromatic carbocycles. The van der Waals surface area contributed by atoms with Crippen LogP contribution in [0.1, 0.15) is 59.8 Å². The number of aliphatic hydroxyl groups is 1. The number of carbonyl (C=O) groups excluding carboxylic acids is 1. The average Bonchev–Trinajstić information content (AvgIpc) is 2.79. The lowest BCUT2D eigenvalue weighted by Gasteiger charge is -2.01. The Morgan fingerprint density at radius 1 is 1.26 bits per heavy atom. The summed E-state index contributed by atoms with van der Waals surface area (Å²) < 4.78 is 0. The Morgan fingerprint density at radius 3 is 1.95 bits per heavy atom. The van der Waals surface area contributed by atoms with Crippen LogP contribution in [0.5, 0.6) is 0 Å². The van der Waals surface area contributed by atoms with Crippen LogP contribution in [0.3, 0.4) is 0 Å². The highest BCUT2D eigenvalue weighted by atomic mass is 16.3. The van der Waals surface area contributed by atoms with E-state index in [0.717, 1.165) is 18.8 Å². The first-order valence-electron chi connectivity index (χ1n) is 7.55. The first kappa shape index (κ1) is 20.9. The summed E-state index contributed by atoms with van der Waals surface area (Å²) in [5, 5.41) is 10.6. The van der Waals surface area contributed by atoms with E-state index in [4.69, 9.17) is 5.11 Å². The first-order chi connectivity index (χ1) is 9.03. The van der Waals surface area contributed by atoms with Crippen LogP contribution >= 0.6 is 0 Å². The second kappa shape index (κ2) is 15.6. The lowest BCUT2D eigenvalue weighted by Crippen LogP contribution is -2.14. The minimum Gasteiger partial charge on any atom is -0.382 e. The molecule has 0 heterocycles. The van der Waals surface area contributed by atoms with Gasteiger partial charge in [0.1, 0.15) is 5.78 Å². The summed E-state index contributed by atoms with van der Waals surface area (Å²) in [5.41, 5.74) is 4.40. The molecule has 1 fully saturated rings. The molecule has 0 bridgehead atoms. The minimum absolute atomic E-state index is 0.250. The zero-order chi connectivity index (χ0) is 15.1. The summed E-state index contributed by atoms with van der Waals surface area (Å²) >= 11 is 0. The molecule has 116 valence electrons. The molecule has 0 aromatic heterocycles. The van der Waals surface area contributed by atoms with E-state index < -0.39 is 0 Å². The van der Waals surface area contributed by atoms with Crippen LogP contribution in [0.25, 0.3) is 0 Å². The molecule has 0 aromatic rings. The third-order valence-electron chi connectivity index (χ3n) is 3.12. The fourth-order valence-electron chi connectivity index (χ4n) is 2.05. The van der Waals surface area contributed by atoms with Gasteiger partial charge < -0.3 is 16.2 Å². The predicted octanol–water partition coefficient (Wildman–Crippen LogP) is 2.30. The van der Waals surface area contributed by atoms with Gasteiger partial charge in [0.05, 0.1) is 6.73 Å². The third kappa shape index (κ3) is 15.5. The Morgan fingerprint density at radius 2 is 1.74 bits per heavy atom. The first-order valence-corrected chi connectivity index (χ1v) is 7.55. The molecule has 1 rings (SSSR count). The molecule has 0 aliphatic heterocycles. The number of rotatable bonds is 5. The van der Waals surface area contributed by atoms with Crippen molar-refractivity contribution in [3.63, 3.8) is 0 Å². The molecule has 19 heavy (non-hydrogen) atoms. The number of nitrogens with one attached hydrogen (secondary N) is 1. The Bertz CT molecular complexity index is 195. The Labute approximate surface area is 119 Å². The van der Waals surface area contributed by atoms with Gasteiger partial charge in [0.25, 0.3) is 0 Å². The molecule has 4 nitrogen and oxygen atoms in total. The number of carbonyl (C=O) groups is 1. The summed E-state index contributed by atoms with van der Waals surface area (Å²) in [6.07, 6.45) is 6.02. The zero-order valence-electron chi connectivity index (χ0n) is 13.2. The van der Waals surface area contributed by atoms with Crippen LogP contribution in [0.15, 0.2) is 0 Å². The fourth-order valence-corrected chi connectivity index (χ4v) is 2.05. The van der Waals surface area contributed by atoms with Crippen LogP contribution in [-0.2, 0) is 4.79 Å². The molecule has 2 atom stereocenters. The standard InChI is InChI=1S/C8H14O.C6H15N.CH5NO/c1-6-3-4-8(5-6)7(2)9;1-3-5-7-6-4-2;2-1-3/h6,8H,3-5H2,1-2H3;7H,3-6H2,1-2H3;3H,1-2H2. The van der Waals surface area contributed by atoms with Crippen molar-refractivity contribution in [3.8, 4) is 0 Å². The van der Waals surface area contributed by atoms with Gasteiger partial charge in [-0.1, -0.05) is 20.8 Å². The second-order valence-electron chi connectivity index (χ2n) is 5.16. The normalized spacial score (nSPS) is 20.9. The van der Waals surface area contributed by atoms with E-state index in [-0.39, 0.29) is 6.73 Å². The van der Waals surface area contributed by atoms with E-state index in [1.54, 1.807) is 6.92 Å². The van der Waals surface area contributed by atoms with E-state index in [1.807, 2.05) is 0 Å². The summed E-state index contributed by atoms with van der Waals surface area (Å²) in [4.78, 5) is 10.8. The van der Waals surface area contributed by atoms with Crippen molar-refractivity contribution in [1.29, 1.82) is 0 Å². The van der Waals surface area contributed by atoms with Gasteiger partial charge in [-0.2, -0.15) is 0 Å². The van der Waals surface area contributed by atoms with Gasteiger partial charge in [-0.25, -0.2) is 0 Å². The molecule has 1 aliphatic carbocycles. The molecule has 0 spiro atoms. The predicted molar refractivity (Wildman–Crippen MR) is 81.9 cm³/mol. The van der Waals surface area contributed by atoms with Crippen LogP contribution in [-0.4, -0.2) is 30.7 Å². The maximum atomic E-state index is 10.8. The van der Waals surface area contributed by atoms with E-state index in [2.05, 4.69) is 31.8 Å². The molecule has 0 amide bonds. The van der Waals surface area contributed by atoms with Gasteiger partial charge in [-0.3, -0.25) is 4.79 Å². The molecular formula is C15H34N2O2. The highest BCUT2D eigenvalue weighted by Gasteiger charge is 2.24. The van der Waals surface area contributed by atoms with Crippen molar-refractivity contribution >= 4 is 5.78 Å². The molecule has 0 radical (unpaired) electrons. The third-order valence-corrected chi connectivity index (χ3v) is 3.12. The number of hydrogen-bond donors (Lipinski definition) is 3. The van der Waals surface area contributed by atoms with Crippen molar-refractivity contribution in [2.45, 2.75) is 59.8 Å². The largest absolute Gasteiger partial charge is 0.382 e. The van der Waals surface area contributed by atoms with E-state index >= 15 is 0 Å². The molecule has 1 aliphatic rings. The highest BCUT2D eigenvalue weighted by molar-refractivity contribution is 5.78. The number of ketones is 1. The summed E-state index contributed by atoms with van der Waals surface area (Å²) in [6.45, 7) is 10.4. The van der Waals surface area contributed by atoms with E-state index in [9.17, 15) is 4.79 Å². The SMILES string of the molecule is CC(=O)C1CCC(C)C1.CCCNCCC.NCO. The average molecular weight is 274 g/mol. The maximum absolute atomic E-state index is 10.8. The Kier molecular flexibility index (Phi) is 17.1. The van der Waals surface area contributed by atoms with E-state index in [1.165, 1.54) is 32.4 Å². The van der Waals surface area contributed by atoms with Gasteiger partial charge in [0, 0.05) is 5.92 Å². The van der Waals surface area contributed by atoms with Crippen LogP contribution in [0, 0.1) is 11.8 Å². The minimum atomic E-state index is -0.250. The molecule has 4 heteroatoms. The van der Waals surface area contributed by atoms with Crippen LogP contribution in [0.4, 0.5) is 0 Å².